The van der Waals surface area contributed by atoms with Gasteiger partial charge in [0.25, 0.3) is 0 Å². The Morgan fingerprint density at radius 2 is 1.89 bits per heavy atom. The van der Waals surface area contributed by atoms with E-state index < -0.39 is 0 Å². The van der Waals surface area contributed by atoms with E-state index in [1.807, 2.05) is 53.7 Å². The van der Waals surface area contributed by atoms with Crippen molar-refractivity contribution in [2.45, 2.75) is 0 Å². The van der Waals surface area contributed by atoms with Gasteiger partial charge in [0.2, 0.25) is 5.28 Å². The van der Waals surface area contributed by atoms with Crippen LogP contribution in [0.5, 0.6) is 0 Å². The van der Waals surface area contributed by atoms with Gasteiger partial charge in [0.1, 0.15) is 0 Å². The predicted octanol–water partition coefficient (Wildman–Crippen LogP) is 4.11. The van der Waals surface area contributed by atoms with Crippen molar-refractivity contribution in [2.24, 2.45) is 0 Å². The van der Waals surface area contributed by atoms with Gasteiger partial charge in [-0.05, 0) is 35.2 Å². The van der Waals surface area contributed by atoms with E-state index in [1.165, 1.54) is 0 Å². The molecule has 2 aromatic heterocycles. The Bertz CT molecular complexity index is 681. The molecule has 0 aliphatic carbocycles. The molecule has 2 heterocycles. The summed E-state index contributed by atoms with van der Waals surface area (Å²) in [7, 11) is 1.98. The lowest BCUT2D eigenvalue weighted by molar-refractivity contribution is 1.12. The molecule has 0 spiro atoms. The fourth-order valence-corrected chi connectivity index (χ4v) is 2.85. The first-order valence-corrected chi connectivity index (χ1v) is 6.71. The maximum absolute atomic E-state index is 5.97. The average Bonchev–Trinajstić information content (AvgIpc) is 2.86. The van der Waals surface area contributed by atoms with Crippen molar-refractivity contribution in [3.05, 3.63) is 47.1 Å². The first-order chi connectivity index (χ1) is 8.75. The number of hydrogen-bond acceptors (Lipinski definition) is 4. The number of thiophene rings is 1. The molecule has 0 fully saturated rings. The van der Waals surface area contributed by atoms with Crippen molar-refractivity contribution < 1.29 is 0 Å². The van der Waals surface area contributed by atoms with Gasteiger partial charge in [-0.2, -0.15) is 4.98 Å². The normalized spacial score (nSPS) is 10.8. The highest BCUT2D eigenvalue weighted by atomic mass is 35.5. The first kappa shape index (κ1) is 11.4. The van der Waals surface area contributed by atoms with Gasteiger partial charge in [-0.25, -0.2) is 4.98 Å². The third kappa shape index (κ3) is 1.94. The van der Waals surface area contributed by atoms with Crippen LogP contribution in [0, 0.1) is 0 Å². The second kappa shape index (κ2) is 4.55. The number of para-hydroxylation sites is 1. The van der Waals surface area contributed by atoms with Gasteiger partial charge in [-0.1, -0.05) is 18.2 Å². The van der Waals surface area contributed by atoms with E-state index in [2.05, 4.69) is 9.97 Å². The SMILES string of the molecule is CN(c1ccccc1)c1nc(Cl)nc2ccsc12. The minimum absolute atomic E-state index is 0.277. The molecule has 3 rings (SSSR count). The molecule has 0 aliphatic rings. The van der Waals surface area contributed by atoms with Crippen LogP contribution in [-0.4, -0.2) is 17.0 Å². The summed E-state index contributed by atoms with van der Waals surface area (Å²) in [5, 5.41) is 2.27. The van der Waals surface area contributed by atoms with Gasteiger partial charge in [0.05, 0.1) is 10.2 Å². The summed E-state index contributed by atoms with van der Waals surface area (Å²) < 4.78 is 1.05. The maximum Gasteiger partial charge on any atom is 0.224 e. The van der Waals surface area contributed by atoms with E-state index >= 15 is 0 Å². The van der Waals surface area contributed by atoms with Gasteiger partial charge in [0.15, 0.2) is 5.82 Å². The highest BCUT2D eigenvalue weighted by Crippen LogP contribution is 2.32. The smallest absolute Gasteiger partial charge is 0.224 e. The van der Waals surface area contributed by atoms with E-state index in [-0.39, 0.29) is 5.28 Å². The molecule has 3 nitrogen and oxygen atoms in total. The molecular formula is C13H10ClN3S. The zero-order chi connectivity index (χ0) is 12.5. The monoisotopic (exact) mass is 275 g/mol. The number of nitrogens with zero attached hydrogens (tertiary/aromatic N) is 3. The Morgan fingerprint density at radius 3 is 2.67 bits per heavy atom. The fourth-order valence-electron chi connectivity index (χ4n) is 1.82. The summed E-state index contributed by atoms with van der Waals surface area (Å²) >= 11 is 7.59. The number of benzene rings is 1. The molecule has 0 saturated carbocycles. The number of hydrogen-bond donors (Lipinski definition) is 0. The number of fused-ring (bicyclic) bond motifs is 1. The molecule has 1 aromatic carbocycles. The van der Waals surface area contributed by atoms with Gasteiger partial charge in [0, 0.05) is 12.7 Å². The van der Waals surface area contributed by atoms with Crippen LogP contribution in [0.25, 0.3) is 10.2 Å². The molecular weight excluding hydrogens is 266 g/mol. The van der Waals surface area contributed by atoms with Crippen molar-refractivity contribution in [3.63, 3.8) is 0 Å². The molecule has 0 atom stereocenters. The Morgan fingerprint density at radius 1 is 1.11 bits per heavy atom. The number of halogens is 1. The van der Waals surface area contributed by atoms with Crippen LogP contribution >= 0.6 is 22.9 Å². The lowest BCUT2D eigenvalue weighted by atomic mass is 10.3. The van der Waals surface area contributed by atoms with Crippen molar-refractivity contribution >= 4 is 44.7 Å². The molecule has 0 radical (unpaired) electrons. The Balaban J connectivity index is 2.17. The minimum Gasteiger partial charge on any atom is -0.328 e. The van der Waals surface area contributed by atoms with Crippen LogP contribution in [0.4, 0.5) is 11.5 Å². The van der Waals surface area contributed by atoms with Gasteiger partial charge in [-0.3, -0.25) is 0 Å². The summed E-state index contributed by atoms with van der Waals surface area (Å²) in [6.45, 7) is 0. The lowest BCUT2D eigenvalue weighted by Gasteiger charge is -2.18. The predicted molar refractivity (Wildman–Crippen MR) is 76.9 cm³/mol. The average molecular weight is 276 g/mol. The molecule has 90 valence electrons. The zero-order valence-electron chi connectivity index (χ0n) is 9.67. The molecule has 0 amide bonds. The Kier molecular flexibility index (Phi) is 2.89. The highest BCUT2D eigenvalue weighted by molar-refractivity contribution is 7.17. The molecule has 0 unspecified atom stereocenters. The van der Waals surface area contributed by atoms with Crippen LogP contribution in [-0.2, 0) is 0 Å². The van der Waals surface area contributed by atoms with Crippen molar-refractivity contribution in [1.29, 1.82) is 0 Å². The van der Waals surface area contributed by atoms with Crippen LogP contribution in [0.1, 0.15) is 0 Å². The van der Waals surface area contributed by atoms with Crippen molar-refractivity contribution in [3.8, 4) is 0 Å². The number of aromatic nitrogens is 2. The molecule has 0 bridgehead atoms. The zero-order valence-corrected chi connectivity index (χ0v) is 11.2. The summed E-state index contributed by atoms with van der Waals surface area (Å²) in [5.41, 5.74) is 1.96. The lowest BCUT2D eigenvalue weighted by Crippen LogP contribution is -2.11. The van der Waals surface area contributed by atoms with Crippen molar-refractivity contribution in [1.82, 2.24) is 9.97 Å². The third-order valence-corrected chi connectivity index (χ3v) is 3.79. The van der Waals surface area contributed by atoms with E-state index in [0.717, 1.165) is 21.7 Å². The molecule has 5 heteroatoms. The Labute approximate surface area is 114 Å². The summed E-state index contributed by atoms with van der Waals surface area (Å²) in [6.07, 6.45) is 0. The van der Waals surface area contributed by atoms with E-state index in [1.54, 1.807) is 11.3 Å². The maximum atomic E-state index is 5.97. The summed E-state index contributed by atoms with van der Waals surface area (Å²) in [4.78, 5) is 10.6. The van der Waals surface area contributed by atoms with Crippen LogP contribution < -0.4 is 4.90 Å². The standard InChI is InChI=1S/C13H10ClN3S/c1-17(9-5-3-2-4-6-9)12-11-10(7-8-18-11)15-13(14)16-12/h2-8H,1H3. The minimum atomic E-state index is 0.277. The first-order valence-electron chi connectivity index (χ1n) is 5.45. The fraction of sp³-hybridized carbons (Fsp3) is 0.0769. The number of anilines is 2. The third-order valence-electron chi connectivity index (χ3n) is 2.72. The molecule has 18 heavy (non-hydrogen) atoms. The van der Waals surface area contributed by atoms with Crippen molar-refractivity contribution in [2.75, 3.05) is 11.9 Å². The van der Waals surface area contributed by atoms with Gasteiger partial charge in [-0.15, -0.1) is 11.3 Å². The second-order valence-electron chi connectivity index (χ2n) is 3.85. The largest absolute Gasteiger partial charge is 0.328 e. The van der Waals surface area contributed by atoms with Gasteiger partial charge < -0.3 is 4.90 Å². The van der Waals surface area contributed by atoms with Gasteiger partial charge >= 0.3 is 0 Å². The van der Waals surface area contributed by atoms with E-state index in [4.69, 9.17) is 11.6 Å². The van der Waals surface area contributed by atoms with E-state index in [9.17, 15) is 0 Å². The quantitative estimate of drug-likeness (QED) is 0.659. The van der Waals surface area contributed by atoms with Crippen LogP contribution in [0.3, 0.4) is 0 Å². The summed E-state index contributed by atoms with van der Waals surface area (Å²) in [6, 6.07) is 12.0. The number of rotatable bonds is 2. The topological polar surface area (TPSA) is 29.0 Å². The molecule has 0 saturated heterocycles. The van der Waals surface area contributed by atoms with Crippen LogP contribution in [0.2, 0.25) is 5.28 Å². The summed E-state index contributed by atoms with van der Waals surface area (Å²) in [5.74, 6) is 0.839. The molecule has 3 aromatic rings. The molecule has 0 aliphatic heterocycles. The van der Waals surface area contributed by atoms with E-state index in [0.29, 0.717) is 0 Å². The van der Waals surface area contributed by atoms with Crippen LogP contribution in [0.15, 0.2) is 41.8 Å². The molecule has 0 N–H and O–H groups in total. The Hall–Kier alpha value is -1.65. The highest BCUT2D eigenvalue weighted by Gasteiger charge is 2.13. The second-order valence-corrected chi connectivity index (χ2v) is 5.10.